The van der Waals surface area contributed by atoms with Gasteiger partial charge in [0.2, 0.25) is 0 Å². The van der Waals surface area contributed by atoms with Gasteiger partial charge in [-0.1, -0.05) is 48.0 Å². The molecule has 0 aliphatic carbocycles. The zero-order valence-electron chi connectivity index (χ0n) is 17.0. The summed E-state index contributed by atoms with van der Waals surface area (Å²) < 4.78 is 20.6. The highest BCUT2D eigenvalue weighted by Gasteiger charge is 2.25. The van der Waals surface area contributed by atoms with Crippen molar-refractivity contribution in [3.63, 3.8) is 0 Å². The van der Waals surface area contributed by atoms with Gasteiger partial charge in [-0.05, 0) is 24.6 Å². The molecule has 2 atom stereocenters. The number of Topliss-reactive ketones (excluding diaryl/α,β-unsaturated/α-hetero) is 1. The molecular formula is C22H26N2O4S. The number of carbonyl (C=O) groups is 2. The monoisotopic (exact) mass is 414 g/mol. The summed E-state index contributed by atoms with van der Waals surface area (Å²) in [4.78, 5) is 27.2. The van der Waals surface area contributed by atoms with Gasteiger partial charge in [0.15, 0.2) is 5.78 Å². The van der Waals surface area contributed by atoms with Crippen LogP contribution < -0.4 is 4.72 Å². The maximum Gasteiger partial charge on any atom is 0.342 e. The molecule has 0 unspecified atom stereocenters. The molecule has 7 heteroatoms. The minimum absolute atomic E-state index is 0.0452. The predicted molar refractivity (Wildman–Crippen MR) is 113 cm³/mol. The van der Waals surface area contributed by atoms with Gasteiger partial charge in [-0.15, -0.1) is 0 Å². The van der Waals surface area contributed by atoms with Crippen LogP contribution in [0.5, 0.6) is 0 Å². The number of carbonyl (C=O) groups excluding carboxylic acids is 2. The lowest BCUT2D eigenvalue weighted by molar-refractivity contribution is -0.138. The van der Waals surface area contributed by atoms with Crippen molar-refractivity contribution < 1.29 is 18.5 Å². The quantitative estimate of drug-likeness (QED) is 0.296. The first-order valence-corrected chi connectivity index (χ1v) is 10.3. The topological polar surface area (TPSA) is 75.7 Å². The predicted octanol–water partition coefficient (Wildman–Crippen LogP) is 2.93. The van der Waals surface area contributed by atoms with Gasteiger partial charge < -0.3 is 9.64 Å². The van der Waals surface area contributed by atoms with E-state index in [4.69, 9.17) is 4.74 Å². The van der Waals surface area contributed by atoms with Crippen molar-refractivity contribution in [3.8, 4) is 0 Å². The number of ether oxygens (including phenoxy) is 1. The van der Waals surface area contributed by atoms with E-state index in [9.17, 15) is 13.8 Å². The average molecular weight is 415 g/mol. The van der Waals surface area contributed by atoms with E-state index in [-0.39, 0.29) is 12.0 Å². The number of hydrogen-bond donors (Lipinski definition) is 1. The Morgan fingerprint density at radius 2 is 1.72 bits per heavy atom. The number of nitrogens with zero attached hydrogens (tertiary/aromatic N) is 1. The molecule has 0 saturated carbocycles. The third-order valence-electron chi connectivity index (χ3n) is 4.17. The first kappa shape index (κ1) is 22.5. The second-order valence-electron chi connectivity index (χ2n) is 6.79. The molecule has 0 aromatic heterocycles. The van der Waals surface area contributed by atoms with Crippen LogP contribution in [0.25, 0.3) is 0 Å². The minimum Gasteiger partial charge on any atom is -0.465 e. The van der Waals surface area contributed by atoms with Crippen molar-refractivity contribution in [1.82, 2.24) is 9.62 Å². The van der Waals surface area contributed by atoms with Crippen LogP contribution in [0.1, 0.15) is 23.6 Å². The van der Waals surface area contributed by atoms with Crippen LogP contribution in [0.3, 0.4) is 0 Å². The van der Waals surface area contributed by atoms with Crippen molar-refractivity contribution in [3.05, 3.63) is 77.5 Å². The molecule has 2 rings (SSSR count). The van der Waals surface area contributed by atoms with Gasteiger partial charge in [0.05, 0.1) is 18.0 Å². The largest absolute Gasteiger partial charge is 0.465 e. The molecule has 2 aromatic rings. The fourth-order valence-corrected chi connectivity index (χ4v) is 3.67. The van der Waals surface area contributed by atoms with E-state index in [0.29, 0.717) is 4.90 Å². The van der Waals surface area contributed by atoms with Crippen molar-refractivity contribution in [2.24, 2.45) is 0 Å². The average Bonchev–Trinajstić information content (AvgIpc) is 2.71. The van der Waals surface area contributed by atoms with Crippen LogP contribution >= 0.6 is 0 Å². The molecule has 0 radical (unpaired) electrons. The fraction of sp³-hybridized carbons (Fsp3) is 0.273. The second-order valence-corrected chi connectivity index (χ2v) is 8.03. The van der Waals surface area contributed by atoms with Gasteiger partial charge >= 0.3 is 5.97 Å². The molecule has 1 N–H and O–H groups in total. The van der Waals surface area contributed by atoms with E-state index in [1.165, 1.54) is 13.3 Å². The fourth-order valence-electron chi connectivity index (χ4n) is 2.67. The molecule has 0 spiro atoms. The summed E-state index contributed by atoms with van der Waals surface area (Å²) in [5.41, 5.74) is 1.81. The Morgan fingerprint density at radius 1 is 1.10 bits per heavy atom. The maximum atomic E-state index is 12.9. The van der Waals surface area contributed by atoms with E-state index in [0.717, 1.165) is 11.1 Å². The molecule has 0 fully saturated rings. The standard InChI is InChI=1S/C22H26N2O4S/c1-16-10-12-18(13-11-16)29(27)23-20(17-8-6-5-7-9-17)14-21(25)19(15-24(2)3)22(26)28-4/h5-13,15,20,23H,14H2,1-4H3/b19-15+/t20-,29+/m1/s1. The van der Waals surface area contributed by atoms with Crippen molar-refractivity contribution >= 4 is 22.7 Å². The zero-order chi connectivity index (χ0) is 21.4. The molecule has 0 heterocycles. The summed E-state index contributed by atoms with van der Waals surface area (Å²) in [6, 6.07) is 16.1. The lowest BCUT2D eigenvalue weighted by atomic mass is 9.99. The lowest BCUT2D eigenvalue weighted by Gasteiger charge is -2.19. The first-order chi connectivity index (χ1) is 13.8. The van der Waals surface area contributed by atoms with Crippen LogP contribution in [0.2, 0.25) is 0 Å². The first-order valence-electron chi connectivity index (χ1n) is 9.11. The van der Waals surface area contributed by atoms with Crippen LogP contribution in [0, 0.1) is 6.92 Å². The van der Waals surface area contributed by atoms with E-state index in [2.05, 4.69) is 4.72 Å². The van der Waals surface area contributed by atoms with Crippen LogP contribution in [0.15, 0.2) is 71.3 Å². The van der Waals surface area contributed by atoms with Gasteiger partial charge in [-0.3, -0.25) is 4.79 Å². The van der Waals surface area contributed by atoms with Gasteiger partial charge in [-0.25, -0.2) is 13.7 Å². The third kappa shape index (κ3) is 6.66. The van der Waals surface area contributed by atoms with Crippen molar-refractivity contribution in [2.45, 2.75) is 24.3 Å². The SMILES string of the molecule is COC(=O)/C(=C/N(C)C)C(=O)C[C@@H](N[S@@](=O)c1ccc(C)cc1)c1ccccc1. The molecule has 2 aromatic carbocycles. The highest BCUT2D eigenvalue weighted by molar-refractivity contribution is 7.83. The second kappa shape index (κ2) is 10.7. The van der Waals surface area contributed by atoms with E-state index in [1.54, 1.807) is 31.1 Å². The number of aryl methyl sites for hydroxylation is 1. The number of ketones is 1. The summed E-state index contributed by atoms with van der Waals surface area (Å²) >= 11 is 0. The number of rotatable bonds is 9. The lowest BCUT2D eigenvalue weighted by Crippen LogP contribution is -2.28. The summed E-state index contributed by atoms with van der Waals surface area (Å²) in [5.74, 6) is -1.09. The molecule has 0 amide bonds. The molecular weight excluding hydrogens is 388 g/mol. The Hall–Kier alpha value is -2.77. The molecule has 29 heavy (non-hydrogen) atoms. The zero-order valence-corrected chi connectivity index (χ0v) is 17.9. The molecule has 0 aliphatic rings. The highest BCUT2D eigenvalue weighted by atomic mass is 32.2. The Labute approximate surface area is 174 Å². The number of nitrogens with one attached hydrogen (secondary N) is 1. The number of esters is 1. The van der Waals surface area contributed by atoms with E-state index >= 15 is 0 Å². The third-order valence-corrected chi connectivity index (χ3v) is 5.37. The molecule has 0 bridgehead atoms. The van der Waals surface area contributed by atoms with Gasteiger partial charge in [0.1, 0.15) is 16.6 Å². The normalized spacial score (nSPS) is 13.4. The number of methoxy groups -OCH3 is 1. The Balaban J connectivity index is 2.29. The molecule has 0 aliphatic heterocycles. The summed E-state index contributed by atoms with van der Waals surface area (Å²) in [6.07, 6.45) is 1.39. The summed E-state index contributed by atoms with van der Waals surface area (Å²) in [5, 5.41) is 0. The minimum atomic E-state index is -1.52. The van der Waals surface area contributed by atoms with Crippen LogP contribution in [-0.2, 0) is 25.3 Å². The summed E-state index contributed by atoms with van der Waals surface area (Å²) in [6.45, 7) is 1.96. The van der Waals surface area contributed by atoms with Gasteiger partial charge in [-0.2, -0.15) is 0 Å². The van der Waals surface area contributed by atoms with E-state index in [1.807, 2.05) is 49.4 Å². The van der Waals surface area contributed by atoms with Crippen LogP contribution in [0.4, 0.5) is 0 Å². The van der Waals surface area contributed by atoms with E-state index < -0.39 is 28.8 Å². The molecule has 6 nitrogen and oxygen atoms in total. The maximum absolute atomic E-state index is 12.9. The number of benzene rings is 2. The highest BCUT2D eigenvalue weighted by Crippen LogP contribution is 2.21. The molecule has 154 valence electrons. The van der Waals surface area contributed by atoms with Crippen LogP contribution in [-0.4, -0.2) is 42.1 Å². The Morgan fingerprint density at radius 3 is 2.28 bits per heavy atom. The van der Waals surface area contributed by atoms with Crippen molar-refractivity contribution in [2.75, 3.05) is 21.2 Å². The van der Waals surface area contributed by atoms with Gasteiger partial charge in [0.25, 0.3) is 0 Å². The van der Waals surface area contributed by atoms with Crippen molar-refractivity contribution in [1.29, 1.82) is 0 Å². The number of hydrogen-bond acceptors (Lipinski definition) is 5. The Bertz CT molecular complexity index is 893. The summed E-state index contributed by atoms with van der Waals surface area (Å²) in [7, 11) is 3.15. The Kier molecular flexibility index (Phi) is 8.30. The van der Waals surface area contributed by atoms with Gasteiger partial charge in [0, 0.05) is 26.7 Å². The smallest absolute Gasteiger partial charge is 0.342 e. The molecule has 0 saturated heterocycles.